The summed E-state index contributed by atoms with van der Waals surface area (Å²) in [6.45, 7) is 21.6. The smallest absolute Gasteiger partial charge is 0.279 e. The molecule has 0 unspecified atom stereocenters. The molecule has 36 heavy (non-hydrogen) atoms. The van der Waals surface area contributed by atoms with Crippen LogP contribution in [0, 0.1) is 62.3 Å². The Kier molecular flexibility index (Phi) is 6.97. The third kappa shape index (κ3) is 4.01. The molecule has 0 saturated heterocycles. The lowest BCUT2D eigenvalue weighted by Gasteiger charge is -1.99. The van der Waals surface area contributed by atoms with Crippen molar-refractivity contribution < 1.29 is 9.90 Å². The standard InChI is InChI=1S/C20H24S3.C9H10N2O2/c1-9-11(3)17(21-15(9)7)19-13(5)14(6)20(23-19)18-12(4)10(2)16(8)22-18;1-4-6-7(8(12)10-4)5(2)11(3)9(6)13/h1-8H3;13H,1-3H3. The van der Waals surface area contributed by atoms with E-state index >= 15 is 0 Å². The SMILES string of the molecule is CC1=NC(=O)c2c1c(O)n(C)c2C.Cc1sc(-c2sc(-c3sc(C)c(C)c3C)c(C)c2C)c(C)c1C. The van der Waals surface area contributed by atoms with E-state index in [1.54, 1.807) is 25.5 Å². The monoisotopic (exact) mass is 538 g/mol. The number of carbonyl (C=O) groups is 1. The Hall–Kier alpha value is -2.48. The van der Waals surface area contributed by atoms with Gasteiger partial charge in [-0.3, -0.25) is 4.79 Å². The predicted octanol–water partition coefficient (Wildman–Crippen LogP) is 8.67. The van der Waals surface area contributed by atoms with Crippen LogP contribution in [-0.4, -0.2) is 21.3 Å². The molecular formula is C29H34N2O2S3. The summed E-state index contributed by atoms with van der Waals surface area (Å²) in [4.78, 5) is 23.9. The van der Waals surface area contributed by atoms with Gasteiger partial charge in [-0.1, -0.05) is 0 Å². The topological polar surface area (TPSA) is 54.6 Å². The van der Waals surface area contributed by atoms with Crippen molar-refractivity contribution in [1.82, 2.24) is 4.57 Å². The van der Waals surface area contributed by atoms with Gasteiger partial charge in [-0.15, -0.1) is 34.0 Å². The molecule has 0 aromatic carbocycles. The maximum Gasteiger partial charge on any atom is 0.279 e. The first-order chi connectivity index (χ1) is 16.8. The highest BCUT2D eigenvalue weighted by Gasteiger charge is 2.30. The van der Waals surface area contributed by atoms with E-state index < -0.39 is 0 Å². The number of thiophene rings is 3. The van der Waals surface area contributed by atoms with Crippen LogP contribution >= 0.6 is 34.0 Å². The van der Waals surface area contributed by atoms with Crippen molar-refractivity contribution in [3.63, 3.8) is 0 Å². The Balaban J connectivity index is 0.000000197. The van der Waals surface area contributed by atoms with Gasteiger partial charge < -0.3 is 9.67 Å². The Bertz CT molecular complexity index is 1500. The molecule has 0 saturated carbocycles. The fourth-order valence-corrected chi connectivity index (χ4v) is 8.74. The van der Waals surface area contributed by atoms with E-state index in [0.29, 0.717) is 16.8 Å². The van der Waals surface area contributed by atoms with Gasteiger partial charge in [-0.2, -0.15) is 0 Å². The fourth-order valence-electron chi connectivity index (χ4n) is 4.60. The molecule has 0 atom stereocenters. The Morgan fingerprint density at radius 3 is 1.36 bits per heavy atom. The van der Waals surface area contributed by atoms with E-state index in [1.165, 1.54) is 62.6 Å². The molecule has 0 aliphatic carbocycles. The van der Waals surface area contributed by atoms with Crippen LogP contribution in [0.2, 0.25) is 0 Å². The quantitative estimate of drug-likeness (QED) is 0.278. The molecule has 5 heterocycles. The highest BCUT2D eigenvalue weighted by atomic mass is 32.1. The molecule has 4 nitrogen and oxygen atoms in total. The molecule has 5 rings (SSSR count). The van der Waals surface area contributed by atoms with Gasteiger partial charge in [0, 0.05) is 42.0 Å². The van der Waals surface area contributed by atoms with Crippen LogP contribution in [0.25, 0.3) is 19.5 Å². The van der Waals surface area contributed by atoms with Crippen molar-refractivity contribution in [2.45, 2.75) is 69.2 Å². The van der Waals surface area contributed by atoms with Crippen LogP contribution in [0.1, 0.15) is 71.7 Å². The van der Waals surface area contributed by atoms with E-state index in [1.807, 2.05) is 34.0 Å². The zero-order chi connectivity index (χ0) is 26.8. The van der Waals surface area contributed by atoms with E-state index in [2.05, 4.69) is 60.4 Å². The molecule has 0 spiro atoms. The van der Waals surface area contributed by atoms with Crippen LogP contribution < -0.4 is 0 Å². The second-order valence-electron chi connectivity index (χ2n) is 9.71. The van der Waals surface area contributed by atoms with E-state index in [4.69, 9.17) is 0 Å². The van der Waals surface area contributed by atoms with Crippen molar-refractivity contribution in [3.8, 4) is 25.4 Å². The van der Waals surface area contributed by atoms with Crippen LogP contribution in [0.5, 0.6) is 5.88 Å². The number of fused-ring (bicyclic) bond motifs is 1. The van der Waals surface area contributed by atoms with Crippen molar-refractivity contribution in [1.29, 1.82) is 0 Å². The summed E-state index contributed by atoms with van der Waals surface area (Å²) in [7, 11) is 1.73. The fraction of sp³-hybridized carbons (Fsp3) is 0.379. The van der Waals surface area contributed by atoms with Gasteiger partial charge in [0.1, 0.15) is 0 Å². The first kappa shape index (κ1) is 26.6. The minimum atomic E-state index is -0.249. The minimum absolute atomic E-state index is 0.125. The van der Waals surface area contributed by atoms with E-state index in [0.717, 1.165) is 5.69 Å². The largest absolute Gasteiger partial charge is 0.494 e. The van der Waals surface area contributed by atoms with Crippen LogP contribution in [0.15, 0.2) is 4.99 Å². The third-order valence-electron chi connectivity index (χ3n) is 7.73. The van der Waals surface area contributed by atoms with Crippen molar-refractivity contribution in [3.05, 3.63) is 60.0 Å². The van der Waals surface area contributed by atoms with Gasteiger partial charge in [-0.25, -0.2) is 4.99 Å². The lowest BCUT2D eigenvalue weighted by molar-refractivity contribution is 0.101. The summed E-state index contributed by atoms with van der Waals surface area (Å²) in [6.07, 6.45) is 0. The summed E-state index contributed by atoms with van der Waals surface area (Å²) in [5.74, 6) is -0.125. The Labute approximate surface area is 226 Å². The second kappa shape index (κ2) is 9.43. The van der Waals surface area contributed by atoms with Crippen LogP contribution in [0.4, 0.5) is 0 Å². The molecule has 0 bridgehead atoms. The van der Waals surface area contributed by atoms with Gasteiger partial charge >= 0.3 is 0 Å². The van der Waals surface area contributed by atoms with Crippen molar-refractivity contribution in [2.24, 2.45) is 12.0 Å². The minimum Gasteiger partial charge on any atom is -0.494 e. The average Bonchev–Trinajstić information content (AvgIpc) is 3.53. The normalized spacial score (nSPS) is 12.6. The highest BCUT2D eigenvalue weighted by molar-refractivity contribution is 7.27. The predicted molar refractivity (Wildman–Crippen MR) is 157 cm³/mol. The van der Waals surface area contributed by atoms with Gasteiger partial charge in [-0.05, 0) is 103 Å². The maximum atomic E-state index is 11.4. The van der Waals surface area contributed by atoms with Crippen LogP contribution in [-0.2, 0) is 7.05 Å². The molecule has 1 N–H and O–H groups in total. The van der Waals surface area contributed by atoms with E-state index in [9.17, 15) is 9.90 Å². The first-order valence-electron chi connectivity index (χ1n) is 12.0. The third-order valence-corrected chi connectivity index (χ3v) is 12.1. The summed E-state index contributed by atoms with van der Waals surface area (Å²) in [5, 5.41) is 9.66. The molecule has 0 fully saturated rings. The van der Waals surface area contributed by atoms with E-state index in [-0.39, 0.29) is 11.8 Å². The number of carbonyl (C=O) groups excluding carboxylic acids is 1. The molecule has 1 amide bonds. The van der Waals surface area contributed by atoms with Gasteiger partial charge in [0.15, 0.2) is 0 Å². The van der Waals surface area contributed by atoms with Gasteiger partial charge in [0.05, 0.1) is 16.8 Å². The average molecular weight is 539 g/mol. The number of aromatic nitrogens is 1. The maximum absolute atomic E-state index is 11.4. The Morgan fingerprint density at radius 2 is 1.00 bits per heavy atom. The van der Waals surface area contributed by atoms with Gasteiger partial charge in [0.25, 0.3) is 5.91 Å². The zero-order valence-corrected chi connectivity index (χ0v) is 25.4. The first-order valence-corrected chi connectivity index (χ1v) is 14.4. The lowest BCUT2D eigenvalue weighted by Crippen LogP contribution is -1.96. The summed E-state index contributed by atoms with van der Waals surface area (Å²) in [6, 6.07) is 0. The number of hydrogen-bond donors (Lipinski definition) is 1. The number of aryl methyl sites for hydroxylation is 2. The molecule has 1 aliphatic heterocycles. The molecule has 4 aromatic heterocycles. The number of aromatic hydroxyl groups is 1. The summed E-state index contributed by atoms with van der Waals surface area (Å²) < 4.78 is 1.60. The highest BCUT2D eigenvalue weighted by Crippen LogP contribution is 2.49. The molecule has 4 aromatic rings. The number of aliphatic imine (C=N–C) groups is 1. The number of rotatable bonds is 2. The number of hydrogen-bond acceptors (Lipinski definition) is 5. The summed E-state index contributed by atoms with van der Waals surface area (Å²) in [5.41, 5.74) is 11.2. The molecule has 190 valence electrons. The molecular weight excluding hydrogens is 505 g/mol. The molecule has 0 radical (unpaired) electrons. The Morgan fingerprint density at radius 1 is 0.611 bits per heavy atom. The number of amides is 1. The zero-order valence-electron chi connectivity index (χ0n) is 23.0. The van der Waals surface area contributed by atoms with Crippen molar-refractivity contribution >= 4 is 45.6 Å². The lowest BCUT2D eigenvalue weighted by atomic mass is 10.1. The van der Waals surface area contributed by atoms with Crippen molar-refractivity contribution in [2.75, 3.05) is 0 Å². The second-order valence-corrected chi connectivity index (χ2v) is 13.2. The molecule has 7 heteroatoms. The number of nitrogens with zero attached hydrogens (tertiary/aromatic N) is 2. The molecule has 1 aliphatic rings. The summed E-state index contributed by atoms with van der Waals surface area (Å²) >= 11 is 5.89. The van der Waals surface area contributed by atoms with Gasteiger partial charge in [0.2, 0.25) is 5.88 Å². The van der Waals surface area contributed by atoms with Crippen LogP contribution in [0.3, 0.4) is 0 Å².